The van der Waals surface area contributed by atoms with Crippen molar-refractivity contribution in [2.75, 3.05) is 24.3 Å². The lowest BCUT2D eigenvalue weighted by Gasteiger charge is -2.32. The summed E-state index contributed by atoms with van der Waals surface area (Å²) in [5.41, 5.74) is 6.21. The summed E-state index contributed by atoms with van der Waals surface area (Å²) >= 11 is 2.53. The van der Waals surface area contributed by atoms with Gasteiger partial charge in [-0.25, -0.2) is 16.8 Å². The van der Waals surface area contributed by atoms with Crippen LogP contribution in [0.4, 0.5) is 0 Å². The Morgan fingerprint density at radius 2 is 2.10 bits per heavy atom. The minimum absolute atomic E-state index is 0.151. The predicted molar refractivity (Wildman–Crippen MR) is 82.1 cm³/mol. The lowest BCUT2D eigenvalue weighted by atomic mass is 10.4. The Bertz CT molecular complexity index is 680. The molecule has 1 saturated heterocycles. The third-order valence-corrected chi connectivity index (χ3v) is 9.11. The molecule has 2 rings (SSSR count). The second-order valence-corrected chi connectivity index (χ2v) is 10.8. The van der Waals surface area contributed by atoms with Crippen LogP contribution in [-0.2, 0) is 26.4 Å². The summed E-state index contributed by atoms with van der Waals surface area (Å²) in [6.07, 6.45) is 1.08. The van der Waals surface area contributed by atoms with Crippen molar-refractivity contribution in [1.29, 1.82) is 0 Å². The number of hydrogen-bond donors (Lipinski definition) is 1. The molecule has 0 aromatic carbocycles. The number of thioether (sulfide) groups is 1. The predicted octanol–water partition coefficient (Wildman–Crippen LogP) is 0.315. The fraction of sp³-hybridized carbons (Fsp3) is 0.600. The van der Waals surface area contributed by atoms with Gasteiger partial charge in [-0.3, -0.25) is 0 Å². The number of rotatable bonds is 4. The average Bonchev–Trinajstić information content (AvgIpc) is 2.87. The molecule has 114 valence electrons. The van der Waals surface area contributed by atoms with E-state index in [0.717, 1.165) is 27.5 Å². The molecule has 1 unspecified atom stereocenters. The highest BCUT2D eigenvalue weighted by Gasteiger charge is 2.39. The van der Waals surface area contributed by atoms with Crippen molar-refractivity contribution in [2.24, 2.45) is 5.73 Å². The van der Waals surface area contributed by atoms with Gasteiger partial charge < -0.3 is 5.73 Å². The van der Waals surface area contributed by atoms with Crippen molar-refractivity contribution < 1.29 is 16.8 Å². The lowest BCUT2D eigenvalue weighted by molar-refractivity contribution is 0.406. The van der Waals surface area contributed by atoms with Gasteiger partial charge in [-0.15, -0.1) is 11.3 Å². The zero-order valence-corrected chi connectivity index (χ0v) is 14.1. The van der Waals surface area contributed by atoms with Crippen LogP contribution < -0.4 is 5.73 Å². The second-order valence-electron chi connectivity index (χ2n) is 4.45. The smallest absolute Gasteiger partial charge is 0.253 e. The number of nitrogens with zero attached hydrogens (tertiary/aromatic N) is 1. The summed E-state index contributed by atoms with van der Waals surface area (Å²) in [7, 11) is -7.24. The highest BCUT2D eigenvalue weighted by Crippen LogP contribution is 2.30. The van der Waals surface area contributed by atoms with Gasteiger partial charge in [0, 0.05) is 30.9 Å². The first-order chi connectivity index (χ1) is 9.26. The monoisotopic (exact) mass is 356 g/mol. The molecule has 0 spiro atoms. The summed E-state index contributed by atoms with van der Waals surface area (Å²) in [6, 6.07) is 1.51. The van der Waals surface area contributed by atoms with Gasteiger partial charge in [0.25, 0.3) is 10.0 Å². The Morgan fingerprint density at radius 1 is 1.40 bits per heavy atom. The largest absolute Gasteiger partial charge is 0.326 e. The molecule has 6 nitrogen and oxygen atoms in total. The summed E-state index contributed by atoms with van der Waals surface area (Å²) in [5, 5.41) is 0.691. The maximum atomic E-state index is 12.6. The van der Waals surface area contributed by atoms with Crippen LogP contribution in [0.15, 0.2) is 15.7 Å². The Kier molecular flexibility index (Phi) is 4.82. The van der Waals surface area contributed by atoms with Crippen molar-refractivity contribution in [3.8, 4) is 0 Å². The van der Waals surface area contributed by atoms with Crippen LogP contribution in [-0.4, -0.2) is 50.8 Å². The first-order valence-corrected chi connectivity index (χ1v) is 11.3. The molecule has 0 radical (unpaired) electrons. The zero-order chi connectivity index (χ0) is 15.0. The van der Waals surface area contributed by atoms with E-state index in [1.807, 2.05) is 0 Å². The van der Waals surface area contributed by atoms with Crippen molar-refractivity contribution in [3.63, 3.8) is 0 Å². The minimum Gasteiger partial charge on any atom is -0.326 e. The van der Waals surface area contributed by atoms with E-state index in [1.165, 1.54) is 17.8 Å². The van der Waals surface area contributed by atoms with Crippen molar-refractivity contribution in [2.45, 2.75) is 16.1 Å². The Morgan fingerprint density at radius 3 is 2.65 bits per heavy atom. The van der Waals surface area contributed by atoms with Crippen LogP contribution in [0, 0.1) is 0 Å². The van der Waals surface area contributed by atoms with Crippen LogP contribution in [0.3, 0.4) is 0 Å². The van der Waals surface area contributed by atoms with Gasteiger partial charge in [-0.1, -0.05) is 0 Å². The number of hydrogen-bond acceptors (Lipinski definition) is 7. The maximum absolute atomic E-state index is 12.6. The Balaban J connectivity index is 2.40. The lowest BCUT2D eigenvalue weighted by Crippen LogP contribution is -2.49. The molecular weight excluding hydrogens is 340 g/mol. The van der Waals surface area contributed by atoms with E-state index >= 15 is 0 Å². The fourth-order valence-corrected chi connectivity index (χ4v) is 8.41. The molecule has 20 heavy (non-hydrogen) atoms. The Hall–Kier alpha value is -0.130. The summed E-state index contributed by atoms with van der Waals surface area (Å²) < 4.78 is 50.0. The van der Waals surface area contributed by atoms with Crippen LogP contribution in [0.2, 0.25) is 0 Å². The van der Waals surface area contributed by atoms with E-state index in [-0.39, 0.29) is 23.1 Å². The molecule has 2 N–H and O–H groups in total. The molecule has 1 aliphatic heterocycles. The summed E-state index contributed by atoms with van der Waals surface area (Å²) in [4.78, 5) is 0. The van der Waals surface area contributed by atoms with Gasteiger partial charge in [0.05, 0.1) is 0 Å². The normalized spacial score (nSPS) is 22.0. The molecular formula is C10H16N2O4S4. The van der Waals surface area contributed by atoms with Crippen LogP contribution in [0.25, 0.3) is 0 Å². The van der Waals surface area contributed by atoms with Gasteiger partial charge in [0.15, 0.2) is 9.84 Å². The van der Waals surface area contributed by atoms with E-state index in [1.54, 1.807) is 5.38 Å². The highest BCUT2D eigenvalue weighted by molar-refractivity contribution is 8.01. The summed E-state index contributed by atoms with van der Waals surface area (Å²) in [5.74, 6) is 0.869. The second kappa shape index (κ2) is 5.93. The van der Waals surface area contributed by atoms with E-state index in [2.05, 4.69) is 0 Å². The minimum atomic E-state index is -3.78. The Labute approximate surface area is 127 Å². The number of sulfonamides is 1. The van der Waals surface area contributed by atoms with Crippen molar-refractivity contribution >= 4 is 43.0 Å². The van der Waals surface area contributed by atoms with Gasteiger partial charge in [-0.05, 0) is 17.0 Å². The molecule has 0 bridgehead atoms. The molecule has 0 amide bonds. The topological polar surface area (TPSA) is 97.5 Å². The van der Waals surface area contributed by atoms with Gasteiger partial charge in [0.1, 0.15) is 9.58 Å². The SMILES string of the molecule is CS(=O)(=O)C1CSCCN1S(=O)(=O)c1cc(CN)cs1. The number of thiophene rings is 1. The van der Waals surface area contributed by atoms with Gasteiger partial charge in [-0.2, -0.15) is 16.1 Å². The van der Waals surface area contributed by atoms with E-state index in [9.17, 15) is 16.8 Å². The average molecular weight is 357 g/mol. The quantitative estimate of drug-likeness (QED) is 0.834. The molecule has 1 atom stereocenters. The van der Waals surface area contributed by atoms with E-state index in [0.29, 0.717) is 5.75 Å². The van der Waals surface area contributed by atoms with Crippen LogP contribution >= 0.6 is 23.1 Å². The molecule has 1 fully saturated rings. The van der Waals surface area contributed by atoms with Crippen LogP contribution in [0.5, 0.6) is 0 Å². The maximum Gasteiger partial charge on any atom is 0.253 e. The van der Waals surface area contributed by atoms with Gasteiger partial charge >= 0.3 is 0 Å². The number of nitrogens with two attached hydrogens (primary N) is 1. The standard InChI is InChI=1S/C10H16N2O4S4/c1-19(13,14)9-7-17-3-2-12(9)20(15,16)10-4-8(5-11)6-18-10/h4,6,9H,2-3,5,7,11H2,1H3. The first-order valence-electron chi connectivity index (χ1n) is 5.82. The zero-order valence-electron chi connectivity index (χ0n) is 10.9. The molecule has 1 aliphatic rings. The van der Waals surface area contributed by atoms with E-state index < -0.39 is 25.2 Å². The molecule has 2 heterocycles. The third-order valence-electron chi connectivity index (χ3n) is 2.96. The molecule has 0 aliphatic carbocycles. The first kappa shape index (κ1) is 16.2. The summed E-state index contributed by atoms with van der Waals surface area (Å²) in [6.45, 7) is 0.470. The van der Waals surface area contributed by atoms with Crippen LogP contribution in [0.1, 0.15) is 5.56 Å². The third kappa shape index (κ3) is 3.20. The highest BCUT2D eigenvalue weighted by atomic mass is 32.2. The fourth-order valence-electron chi connectivity index (χ4n) is 1.89. The number of sulfone groups is 1. The van der Waals surface area contributed by atoms with Crippen molar-refractivity contribution in [3.05, 3.63) is 17.0 Å². The van der Waals surface area contributed by atoms with Crippen molar-refractivity contribution in [1.82, 2.24) is 4.31 Å². The molecule has 1 aromatic heterocycles. The van der Waals surface area contributed by atoms with Gasteiger partial charge in [0.2, 0.25) is 0 Å². The van der Waals surface area contributed by atoms with E-state index in [4.69, 9.17) is 5.73 Å². The molecule has 1 aromatic rings. The molecule has 10 heteroatoms. The molecule has 0 saturated carbocycles.